The van der Waals surface area contributed by atoms with Gasteiger partial charge in [-0.1, -0.05) is 45.9 Å². The average molecular weight is 284 g/mol. The topological polar surface area (TPSA) is 42.0 Å². The van der Waals surface area contributed by atoms with E-state index in [0.717, 1.165) is 24.2 Å². The summed E-state index contributed by atoms with van der Waals surface area (Å²) >= 11 is 0. The normalized spacial score (nSPS) is 20.2. The first-order valence-corrected chi connectivity index (χ1v) is 7.51. The number of allylic oxidation sites excluding steroid dienone is 4. The number of anilines is 1. The van der Waals surface area contributed by atoms with Crippen LogP contribution in [0.3, 0.4) is 0 Å². The van der Waals surface area contributed by atoms with E-state index in [2.05, 4.69) is 43.2 Å². The lowest BCUT2D eigenvalue weighted by molar-refractivity contribution is -0.119. The van der Waals surface area contributed by atoms with E-state index in [1.807, 2.05) is 25.1 Å². The molecule has 0 aromatic carbocycles. The van der Waals surface area contributed by atoms with Gasteiger partial charge in [-0.25, -0.2) is 4.98 Å². The molecule has 1 aromatic heterocycles. The van der Waals surface area contributed by atoms with Crippen molar-refractivity contribution in [3.63, 3.8) is 0 Å². The van der Waals surface area contributed by atoms with Crippen LogP contribution in [0.5, 0.6) is 0 Å². The van der Waals surface area contributed by atoms with E-state index >= 15 is 0 Å². The first-order chi connectivity index (χ1) is 9.87. The minimum absolute atomic E-state index is 0.0722. The maximum Gasteiger partial charge on any atom is 0.182 e. The van der Waals surface area contributed by atoms with Crippen LogP contribution in [0.2, 0.25) is 0 Å². The first-order valence-electron chi connectivity index (χ1n) is 7.51. The molecule has 0 saturated heterocycles. The van der Waals surface area contributed by atoms with Gasteiger partial charge in [-0.15, -0.1) is 0 Å². The number of ketones is 1. The minimum atomic E-state index is 0.0722. The van der Waals surface area contributed by atoms with Crippen LogP contribution in [0.1, 0.15) is 40.5 Å². The summed E-state index contributed by atoms with van der Waals surface area (Å²) in [4.78, 5) is 16.7. The third kappa shape index (κ3) is 4.28. The van der Waals surface area contributed by atoms with Gasteiger partial charge in [-0.05, 0) is 36.0 Å². The number of nitrogens with zero attached hydrogens (tertiary/aromatic N) is 1. The third-order valence-corrected chi connectivity index (χ3v) is 3.56. The molecule has 1 aliphatic rings. The molecule has 3 heteroatoms. The average Bonchev–Trinajstić information content (AvgIpc) is 2.43. The summed E-state index contributed by atoms with van der Waals surface area (Å²) in [6.07, 6.45) is 7.82. The Morgan fingerprint density at radius 1 is 1.33 bits per heavy atom. The fourth-order valence-corrected chi connectivity index (χ4v) is 2.26. The lowest BCUT2D eigenvalue weighted by Crippen LogP contribution is -2.25. The Morgan fingerprint density at radius 2 is 2.10 bits per heavy atom. The molecule has 3 nitrogen and oxygen atoms in total. The summed E-state index contributed by atoms with van der Waals surface area (Å²) in [7, 11) is 0. The highest BCUT2D eigenvalue weighted by atomic mass is 16.1. The van der Waals surface area contributed by atoms with Crippen molar-refractivity contribution in [2.24, 2.45) is 11.3 Å². The number of Topliss-reactive ketones (excluding diaryl/α,β-unsaturated/α-hetero) is 1. The Bertz CT molecular complexity index is 565. The van der Waals surface area contributed by atoms with E-state index in [1.165, 1.54) is 0 Å². The zero-order valence-electron chi connectivity index (χ0n) is 13.3. The van der Waals surface area contributed by atoms with Gasteiger partial charge in [-0.3, -0.25) is 4.79 Å². The molecule has 0 spiro atoms. The van der Waals surface area contributed by atoms with Gasteiger partial charge >= 0.3 is 0 Å². The van der Waals surface area contributed by atoms with Crippen LogP contribution >= 0.6 is 0 Å². The lowest BCUT2D eigenvalue weighted by Gasteiger charge is -2.23. The van der Waals surface area contributed by atoms with Crippen LogP contribution in [-0.2, 0) is 4.79 Å². The molecule has 1 N–H and O–H groups in total. The summed E-state index contributed by atoms with van der Waals surface area (Å²) in [5.74, 6) is 0.972. The van der Waals surface area contributed by atoms with Crippen molar-refractivity contribution >= 4 is 11.6 Å². The summed E-state index contributed by atoms with van der Waals surface area (Å²) in [6, 6.07) is 5.66. The van der Waals surface area contributed by atoms with Crippen molar-refractivity contribution in [2.75, 3.05) is 5.32 Å². The van der Waals surface area contributed by atoms with Gasteiger partial charge in [0.05, 0.1) is 5.70 Å². The predicted octanol–water partition coefficient (Wildman–Crippen LogP) is 4.35. The van der Waals surface area contributed by atoms with Crippen LogP contribution < -0.4 is 5.32 Å². The highest BCUT2D eigenvalue weighted by Crippen LogP contribution is 2.29. The molecule has 1 unspecified atom stereocenters. The number of hydrogen-bond acceptors (Lipinski definition) is 3. The summed E-state index contributed by atoms with van der Waals surface area (Å²) in [5, 5.41) is 3.22. The molecule has 1 aromatic rings. The zero-order chi connectivity index (χ0) is 15.5. The number of nitrogens with one attached hydrogen (secondary N) is 1. The Balaban J connectivity index is 2.33. The number of aromatic nitrogens is 1. The minimum Gasteiger partial charge on any atom is -0.337 e. The van der Waals surface area contributed by atoms with Gasteiger partial charge in [0.1, 0.15) is 5.82 Å². The van der Waals surface area contributed by atoms with E-state index < -0.39 is 0 Å². The molecule has 1 heterocycles. The zero-order valence-corrected chi connectivity index (χ0v) is 13.3. The summed E-state index contributed by atoms with van der Waals surface area (Å²) < 4.78 is 0. The number of hydrogen-bond donors (Lipinski definition) is 1. The Hall–Kier alpha value is -1.90. The molecule has 0 radical (unpaired) electrons. The SMILES string of the molecule is CC1CCC(/C=C/C(C)(C)C)=C(Nc2ccccn2)C1=O. The van der Waals surface area contributed by atoms with Gasteiger partial charge in [-0.2, -0.15) is 0 Å². The van der Waals surface area contributed by atoms with Crippen molar-refractivity contribution in [3.05, 3.63) is 47.8 Å². The fourth-order valence-electron chi connectivity index (χ4n) is 2.26. The second-order valence-corrected chi connectivity index (χ2v) is 6.74. The van der Waals surface area contributed by atoms with E-state index in [1.54, 1.807) is 6.20 Å². The number of carbonyl (C=O) groups excluding carboxylic acids is 1. The van der Waals surface area contributed by atoms with Gasteiger partial charge < -0.3 is 5.32 Å². The van der Waals surface area contributed by atoms with Crippen molar-refractivity contribution < 1.29 is 4.79 Å². The summed E-state index contributed by atoms with van der Waals surface area (Å²) in [5.41, 5.74) is 1.89. The smallest absolute Gasteiger partial charge is 0.182 e. The van der Waals surface area contributed by atoms with Crippen LogP contribution in [0, 0.1) is 11.3 Å². The van der Waals surface area contributed by atoms with Crippen molar-refractivity contribution in [3.8, 4) is 0 Å². The molecule has 1 aliphatic carbocycles. The standard InChI is InChI=1S/C18H24N2O/c1-13-8-9-14(10-11-18(2,3)4)16(17(13)21)20-15-7-5-6-12-19-15/h5-7,10-13H,8-9H2,1-4H3,(H,19,20)/b11-10+. The van der Waals surface area contributed by atoms with E-state index in [4.69, 9.17) is 0 Å². The molecule has 0 bridgehead atoms. The van der Waals surface area contributed by atoms with Crippen LogP contribution in [0.4, 0.5) is 5.82 Å². The van der Waals surface area contributed by atoms with E-state index in [-0.39, 0.29) is 17.1 Å². The second-order valence-electron chi connectivity index (χ2n) is 6.74. The quantitative estimate of drug-likeness (QED) is 0.897. The van der Waals surface area contributed by atoms with Gasteiger partial charge in [0.25, 0.3) is 0 Å². The highest BCUT2D eigenvalue weighted by molar-refractivity contribution is 6.01. The molecule has 21 heavy (non-hydrogen) atoms. The maximum atomic E-state index is 12.5. The molecular formula is C18H24N2O. The highest BCUT2D eigenvalue weighted by Gasteiger charge is 2.26. The Labute approximate surface area is 127 Å². The van der Waals surface area contributed by atoms with Crippen molar-refractivity contribution in [1.82, 2.24) is 4.98 Å². The largest absolute Gasteiger partial charge is 0.337 e. The molecule has 1 atom stereocenters. The number of carbonyl (C=O) groups is 1. The third-order valence-electron chi connectivity index (χ3n) is 3.56. The van der Waals surface area contributed by atoms with Crippen LogP contribution in [-0.4, -0.2) is 10.8 Å². The van der Waals surface area contributed by atoms with Gasteiger partial charge in [0, 0.05) is 12.1 Å². The van der Waals surface area contributed by atoms with Crippen LogP contribution in [0.15, 0.2) is 47.8 Å². The predicted molar refractivity (Wildman–Crippen MR) is 86.9 cm³/mol. The molecule has 0 saturated carbocycles. The van der Waals surface area contributed by atoms with Crippen LogP contribution in [0.25, 0.3) is 0 Å². The molecule has 0 fully saturated rings. The second kappa shape index (κ2) is 6.25. The van der Waals surface area contributed by atoms with Gasteiger partial charge in [0.2, 0.25) is 0 Å². The maximum absolute atomic E-state index is 12.5. The van der Waals surface area contributed by atoms with Gasteiger partial charge in [0.15, 0.2) is 5.78 Å². The van der Waals surface area contributed by atoms with Crippen molar-refractivity contribution in [2.45, 2.75) is 40.5 Å². The lowest BCUT2D eigenvalue weighted by atomic mass is 9.85. The Kier molecular flexibility index (Phi) is 4.61. The van der Waals surface area contributed by atoms with E-state index in [0.29, 0.717) is 5.70 Å². The fraction of sp³-hybridized carbons (Fsp3) is 0.444. The monoisotopic (exact) mass is 284 g/mol. The first kappa shape index (κ1) is 15.5. The number of pyridine rings is 1. The molecule has 2 rings (SSSR count). The van der Waals surface area contributed by atoms with E-state index in [9.17, 15) is 4.79 Å². The molecular weight excluding hydrogens is 260 g/mol. The molecule has 0 aliphatic heterocycles. The molecule has 112 valence electrons. The van der Waals surface area contributed by atoms with Crippen molar-refractivity contribution in [1.29, 1.82) is 0 Å². The number of rotatable bonds is 3. The Morgan fingerprint density at radius 3 is 2.71 bits per heavy atom. The summed E-state index contributed by atoms with van der Waals surface area (Å²) in [6.45, 7) is 8.46. The molecule has 0 amide bonds.